The van der Waals surface area contributed by atoms with E-state index in [4.69, 9.17) is 0 Å². The number of carbonyl (C=O) groups is 1. The number of ketones is 1. The molecule has 4 aromatic rings. The molecule has 0 bridgehead atoms. The summed E-state index contributed by atoms with van der Waals surface area (Å²) in [5.41, 5.74) is 3.50. The minimum atomic E-state index is -0.966. The number of Topliss-reactive ketones (excluding diaryl/α,β-unsaturated/α-hetero) is 1. The first-order chi connectivity index (χ1) is 11.7. The van der Waals surface area contributed by atoms with Crippen LogP contribution in [0.5, 0.6) is 0 Å². The Morgan fingerprint density at radius 1 is 1.17 bits per heavy atom. The summed E-state index contributed by atoms with van der Waals surface area (Å²) in [6.07, 6.45) is 0. The first kappa shape index (κ1) is 14.5. The van der Waals surface area contributed by atoms with E-state index < -0.39 is 5.92 Å². The van der Waals surface area contributed by atoms with E-state index in [9.17, 15) is 10.1 Å². The Balaban J connectivity index is 1.80. The van der Waals surface area contributed by atoms with Crippen molar-refractivity contribution in [3.05, 3.63) is 53.9 Å². The molecule has 0 N–H and O–H groups in total. The van der Waals surface area contributed by atoms with E-state index in [1.165, 1.54) is 0 Å². The van der Waals surface area contributed by atoms with Crippen LogP contribution in [0.15, 0.2) is 42.5 Å². The molecule has 2 heterocycles. The average Bonchev–Trinajstić information content (AvgIpc) is 3.20. The van der Waals surface area contributed by atoms with Crippen molar-refractivity contribution in [2.75, 3.05) is 0 Å². The topological polar surface area (TPSA) is 84.5 Å². The lowest BCUT2D eigenvalue weighted by Crippen LogP contribution is -2.15. The Morgan fingerprint density at radius 2 is 1.96 bits per heavy atom. The van der Waals surface area contributed by atoms with Crippen LogP contribution in [-0.2, 0) is 7.05 Å². The maximum atomic E-state index is 12.9. The first-order valence-corrected chi connectivity index (χ1v) is 7.99. The van der Waals surface area contributed by atoms with Crippen LogP contribution in [0.3, 0.4) is 0 Å². The number of aryl methyl sites for hydroxylation is 1. The largest absolute Gasteiger partial charge is 0.330 e. The quantitative estimate of drug-likeness (QED) is 0.538. The maximum absolute atomic E-state index is 12.9. The van der Waals surface area contributed by atoms with Crippen LogP contribution in [0, 0.1) is 11.3 Å². The van der Waals surface area contributed by atoms with Gasteiger partial charge in [0, 0.05) is 12.6 Å². The molecular weight excluding hydrogens is 322 g/mol. The summed E-state index contributed by atoms with van der Waals surface area (Å²) in [7, 11) is 1.82. The molecule has 0 saturated carbocycles. The molecule has 2 aromatic heterocycles. The Morgan fingerprint density at radius 3 is 2.75 bits per heavy atom. The predicted molar refractivity (Wildman–Crippen MR) is 90.8 cm³/mol. The summed E-state index contributed by atoms with van der Waals surface area (Å²) in [6.45, 7) is 0. The van der Waals surface area contributed by atoms with E-state index in [0.717, 1.165) is 28.3 Å². The molecule has 1 atom stereocenters. The van der Waals surface area contributed by atoms with E-state index >= 15 is 0 Å². The van der Waals surface area contributed by atoms with Crippen molar-refractivity contribution >= 4 is 39.6 Å². The van der Waals surface area contributed by atoms with E-state index in [1.54, 1.807) is 22.8 Å². The van der Waals surface area contributed by atoms with Crippen LogP contribution in [0.25, 0.3) is 22.1 Å². The van der Waals surface area contributed by atoms with Gasteiger partial charge in [-0.05, 0) is 30.3 Å². The number of rotatable bonds is 3. The van der Waals surface area contributed by atoms with Crippen LogP contribution in [0.1, 0.15) is 22.1 Å². The van der Waals surface area contributed by atoms with Crippen molar-refractivity contribution < 1.29 is 4.79 Å². The van der Waals surface area contributed by atoms with Gasteiger partial charge in [-0.25, -0.2) is 4.98 Å². The summed E-state index contributed by atoms with van der Waals surface area (Å²) in [5, 5.41) is 9.58. The van der Waals surface area contributed by atoms with E-state index in [0.29, 0.717) is 16.9 Å². The molecule has 4 rings (SSSR count). The second-order valence-corrected chi connectivity index (χ2v) is 5.94. The van der Waals surface area contributed by atoms with Crippen molar-refractivity contribution in [1.82, 2.24) is 18.3 Å². The number of aromatic nitrogens is 4. The number of para-hydroxylation sites is 2. The normalized spacial score (nSPS) is 12.3. The van der Waals surface area contributed by atoms with Gasteiger partial charge < -0.3 is 4.57 Å². The molecule has 0 aliphatic carbocycles. The van der Waals surface area contributed by atoms with Gasteiger partial charge in [0.15, 0.2) is 11.7 Å². The number of imidazole rings is 1. The molecular formula is C17H11N5OS. The van der Waals surface area contributed by atoms with Crippen molar-refractivity contribution in [3.8, 4) is 6.07 Å². The van der Waals surface area contributed by atoms with Crippen molar-refractivity contribution in [2.24, 2.45) is 7.05 Å². The molecule has 0 amide bonds. The third kappa shape index (κ3) is 2.16. The van der Waals surface area contributed by atoms with E-state index in [1.807, 2.05) is 31.3 Å². The highest BCUT2D eigenvalue weighted by atomic mass is 32.1. The second kappa shape index (κ2) is 5.51. The van der Waals surface area contributed by atoms with Crippen LogP contribution >= 0.6 is 11.7 Å². The number of benzene rings is 2. The molecule has 0 aliphatic heterocycles. The summed E-state index contributed by atoms with van der Waals surface area (Å²) >= 11 is 1.10. The zero-order valence-electron chi connectivity index (χ0n) is 12.7. The molecule has 24 heavy (non-hydrogen) atoms. The lowest BCUT2D eigenvalue weighted by atomic mass is 9.97. The van der Waals surface area contributed by atoms with Gasteiger partial charge in [-0.1, -0.05) is 12.1 Å². The Hall–Kier alpha value is -3.11. The fourth-order valence-electron chi connectivity index (χ4n) is 2.76. The van der Waals surface area contributed by atoms with Crippen molar-refractivity contribution in [2.45, 2.75) is 5.92 Å². The third-order valence-corrected chi connectivity index (χ3v) is 4.57. The van der Waals surface area contributed by atoms with Gasteiger partial charge in [0.05, 0.1) is 28.8 Å². The summed E-state index contributed by atoms with van der Waals surface area (Å²) in [5.74, 6) is -0.808. The monoisotopic (exact) mass is 333 g/mol. The molecule has 0 fully saturated rings. The SMILES string of the molecule is Cn1c([C@H](C#N)C(=O)c2ccc3nsnc3c2)nc2ccccc21. The van der Waals surface area contributed by atoms with Crippen LogP contribution in [-0.4, -0.2) is 24.1 Å². The summed E-state index contributed by atoms with van der Waals surface area (Å²) in [6, 6.07) is 14.8. The highest BCUT2D eigenvalue weighted by molar-refractivity contribution is 7.00. The molecule has 6 nitrogen and oxygen atoms in total. The third-order valence-electron chi connectivity index (χ3n) is 4.01. The average molecular weight is 333 g/mol. The lowest BCUT2D eigenvalue weighted by Gasteiger charge is -2.08. The number of nitriles is 1. The summed E-state index contributed by atoms with van der Waals surface area (Å²) < 4.78 is 10.1. The smallest absolute Gasteiger partial charge is 0.187 e. The second-order valence-electron chi connectivity index (χ2n) is 5.41. The van der Waals surface area contributed by atoms with Gasteiger partial charge >= 0.3 is 0 Å². The van der Waals surface area contributed by atoms with Gasteiger partial charge in [0.1, 0.15) is 16.9 Å². The van der Waals surface area contributed by atoms with Crippen LogP contribution < -0.4 is 0 Å². The fourth-order valence-corrected chi connectivity index (χ4v) is 3.28. The Kier molecular flexibility index (Phi) is 3.32. The van der Waals surface area contributed by atoms with Gasteiger partial charge in [0.25, 0.3) is 0 Å². The fraction of sp³-hybridized carbons (Fsp3) is 0.118. The van der Waals surface area contributed by atoms with Crippen molar-refractivity contribution in [3.63, 3.8) is 0 Å². The molecule has 2 aromatic carbocycles. The molecule has 0 spiro atoms. The van der Waals surface area contributed by atoms with Crippen LogP contribution in [0.2, 0.25) is 0 Å². The maximum Gasteiger partial charge on any atom is 0.187 e. The number of nitrogens with zero attached hydrogens (tertiary/aromatic N) is 5. The molecule has 0 radical (unpaired) electrons. The molecule has 0 aliphatic rings. The highest BCUT2D eigenvalue weighted by Gasteiger charge is 2.27. The minimum absolute atomic E-state index is 0.286. The minimum Gasteiger partial charge on any atom is -0.330 e. The summed E-state index contributed by atoms with van der Waals surface area (Å²) in [4.78, 5) is 17.3. The number of fused-ring (bicyclic) bond motifs is 2. The molecule has 116 valence electrons. The standard InChI is InChI=1S/C17H11N5OS/c1-22-15-5-3-2-4-13(15)19-17(22)11(9-18)16(23)10-6-7-12-14(8-10)21-24-20-12/h2-8,11H,1H3/t11-/m1/s1. The Labute approximate surface area is 141 Å². The number of hydrogen-bond acceptors (Lipinski definition) is 6. The zero-order valence-corrected chi connectivity index (χ0v) is 13.5. The Bertz CT molecular complexity index is 1120. The van der Waals surface area contributed by atoms with Gasteiger partial charge in [-0.3, -0.25) is 4.79 Å². The zero-order chi connectivity index (χ0) is 16.7. The molecule has 7 heteroatoms. The van der Waals surface area contributed by atoms with Gasteiger partial charge in [0.2, 0.25) is 0 Å². The lowest BCUT2D eigenvalue weighted by molar-refractivity contribution is 0.0975. The van der Waals surface area contributed by atoms with Crippen molar-refractivity contribution in [1.29, 1.82) is 5.26 Å². The van der Waals surface area contributed by atoms with E-state index in [2.05, 4.69) is 19.8 Å². The molecule has 0 saturated heterocycles. The van der Waals surface area contributed by atoms with Crippen LogP contribution in [0.4, 0.5) is 0 Å². The first-order valence-electron chi connectivity index (χ1n) is 7.26. The number of carbonyl (C=O) groups excluding carboxylic acids is 1. The molecule has 0 unspecified atom stereocenters. The van der Waals surface area contributed by atoms with Gasteiger partial charge in [-0.2, -0.15) is 14.0 Å². The highest BCUT2D eigenvalue weighted by Crippen LogP contribution is 2.25. The number of hydrogen-bond donors (Lipinski definition) is 0. The van der Waals surface area contributed by atoms with Gasteiger partial charge in [-0.15, -0.1) is 0 Å². The predicted octanol–water partition coefficient (Wildman–Crippen LogP) is 3.07. The van der Waals surface area contributed by atoms with E-state index in [-0.39, 0.29) is 5.78 Å².